The van der Waals surface area contributed by atoms with E-state index in [4.69, 9.17) is 10.7 Å². The van der Waals surface area contributed by atoms with Gasteiger partial charge >= 0.3 is 0 Å². The van der Waals surface area contributed by atoms with Gasteiger partial charge in [-0.25, -0.2) is 4.98 Å². The van der Waals surface area contributed by atoms with Crippen molar-refractivity contribution >= 4 is 16.5 Å². The quantitative estimate of drug-likeness (QED) is 0.876. The Kier molecular flexibility index (Phi) is 3.69. The largest absolute Gasteiger partial charge is 0.375 e. The summed E-state index contributed by atoms with van der Waals surface area (Å²) in [5, 5.41) is 0.735. The van der Waals surface area contributed by atoms with E-state index in [0.29, 0.717) is 23.9 Å². The molecule has 1 aromatic carbocycles. The minimum Gasteiger partial charge on any atom is -0.375 e. The van der Waals surface area contributed by atoms with Crippen molar-refractivity contribution in [2.45, 2.75) is 57.5 Å². The lowest BCUT2D eigenvalue weighted by atomic mass is 9.73. The van der Waals surface area contributed by atoms with E-state index in [-0.39, 0.29) is 0 Å². The third-order valence-electron chi connectivity index (χ3n) is 5.55. The van der Waals surface area contributed by atoms with Crippen molar-refractivity contribution < 1.29 is 0 Å². The summed E-state index contributed by atoms with van der Waals surface area (Å²) < 4.78 is 0. The molecular weight excluding hydrogens is 302 g/mol. The zero-order valence-corrected chi connectivity index (χ0v) is 14.9. The van der Waals surface area contributed by atoms with Crippen molar-refractivity contribution in [2.75, 3.05) is 12.3 Å². The molecule has 122 valence electrons. The van der Waals surface area contributed by atoms with Crippen LogP contribution in [0.4, 0.5) is 5.13 Å². The third-order valence-corrected chi connectivity index (χ3v) is 6.55. The molecule has 3 aliphatic rings. The van der Waals surface area contributed by atoms with Crippen molar-refractivity contribution in [2.24, 2.45) is 0 Å². The highest BCUT2D eigenvalue weighted by Crippen LogP contribution is 2.57. The first-order chi connectivity index (χ1) is 11.1. The summed E-state index contributed by atoms with van der Waals surface area (Å²) in [7, 11) is 0. The Bertz CT molecular complexity index is 704. The van der Waals surface area contributed by atoms with E-state index < -0.39 is 0 Å². The average Bonchev–Trinajstić information content (AvgIpc) is 2.97. The van der Waals surface area contributed by atoms with E-state index >= 15 is 0 Å². The molecule has 2 aromatic rings. The minimum atomic E-state index is 0.453. The van der Waals surface area contributed by atoms with Gasteiger partial charge < -0.3 is 5.73 Å². The first-order valence-electron chi connectivity index (χ1n) is 8.71. The van der Waals surface area contributed by atoms with Gasteiger partial charge in [0.05, 0.1) is 5.69 Å². The van der Waals surface area contributed by atoms with Crippen LogP contribution >= 0.6 is 11.3 Å². The van der Waals surface area contributed by atoms with Crippen molar-refractivity contribution in [3.05, 3.63) is 46.0 Å². The lowest BCUT2D eigenvalue weighted by Crippen LogP contribution is -2.44. The molecule has 3 heterocycles. The molecule has 1 saturated heterocycles. The fraction of sp³-hybridized carbons (Fsp3) is 0.526. The summed E-state index contributed by atoms with van der Waals surface area (Å²) in [6, 6.07) is 10.2. The monoisotopic (exact) mass is 327 g/mol. The van der Waals surface area contributed by atoms with Gasteiger partial charge in [-0.2, -0.15) is 0 Å². The van der Waals surface area contributed by atoms with Gasteiger partial charge in [0.15, 0.2) is 5.13 Å². The van der Waals surface area contributed by atoms with Crippen LogP contribution in [0.2, 0.25) is 0 Å². The Balaban J connectivity index is 1.76. The van der Waals surface area contributed by atoms with Crippen LogP contribution in [0, 0.1) is 0 Å². The zero-order chi connectivity index (χ0) is 16.1. The molecule has 0 radical (unpaired) electrons. The molecule has 0 amide bonds. The van der Waals surface area contributed by atoms with E-state index in [1.807, 2.05) is 0 Å². The van der Waals surface area contributed by atoms with Gasteiger partial charge in [-0.3, -0.25) is 4.90 Å². The zero-order valence-electron chi connectivity index (χ0n) is 14.1. The average molecular weight is 327 g/mol. The topological polar surface area (TPSA) is 42.2 Å². The van der Waals surface area contributed by atoms with E-state index in [1.165, 1.54) is 34.5 Å². The van der Waals surface area contributed by atoms with E-state index in [0.717, 1.165) is 11.7 Å². The number of hydrogen-bond donors (Lipinski definition) is 1. The van der Waals surface area contributed by atoms with Gasteiger partial charge in [-0.05, 0) is 36.4 Å². The summed E-state index contributed by atoms with van der Waals surface area (Å²) >= 11 is 1.70. The Morgan fingerprint density at radius 1 is 1.26 bits per heavy atom. The Morgan fingerprint density at radius 2 is 2.00 bits per heavy atom. The van der Waals surface area contributed by atoms with Crippen LogP contribution in [0.5, 0.6) is 0 Å². The maximum Gasteiger partial charge on any atom is 0.180 e. The standard InChI is InChI=1S/C19H25N3S/c1-4-22-15-10-9-14(16-18(15)23-19(20)21-16)17(22)13-7-5-12(6-8-13)11(2)3/h5-8,11,14-15,17H,4,9-10H2,1-3H3,(H2,20,21). The molecule has 3 atom stereocenters. The van der Waals surface area contributed by atoms with Crippen LogP contribution < -0.4 is 5.73 Å². The predicted molar refractivity (Wildman–Crippen MR) is 96.9 cm³/mol. The fourth-order valence-corrected chi connectivity index (χ4v) is 5.50. The van der Waals surface area contributed by atoms with Gasteiger partial charge in [0, 0.05) is 22.9 Å². The second kappa shape index (κ2) is 5.60. The van der Waals surface area contributed by atoms with Gasteiger partial charge in [0.1, 0.15) is 0 Å². The molecular formula is C19H25N3S. The number of benzene rings is 1. The number of rotatable bonds is 3. The van der Waals surface area contributed by atoms with Crippen molar-refractivity contribution in [1.29, 1.82) is 0 Å². The highest BCUT2D eigenvalue weighted by Gasteiger charge is 2.47. The number of piperidine rings is 1. The molecule has 2 N–H and O–H groups in total. The van der Waals surface area contributed by atoms with E-state index in [2.05, 4.69) is 49.9 Å². The minimum absolute atomic E-state index is 0.453. The van der Waals surface area contributed by atoms with Crippen LogP contribution in [-0.4, -0.2) is 16.4 Å². The first kappa shape index (κ1) is 15.2. The molecule has 3 unspecified atom stereocenters. The Hall–Kier alpha value is -1.39. The number of aromatic nitrogens is 1. The summed E-state index contributed by atoms with van der Waals surface area (Å²) in [5.74, 6) is 1.08. The highest BCUT2D eigenvalue weighted by atomic mass is 32.1. The van der Waals surface area contributed by atoms with Gasteiger partial charge in [-0.15, -0.1) is 11.3 Å². The number of nitrogens with two attached hydrogens (primary N) is 1. The normalized spacial score (nSPS) is 26.7. The summed E-state index contributed by atoms with van der Waals surface area (Å²) in [6.45, 7) is 7.86. The summed E-state index contributed by atoms with van der Waals surface area (Å²) in [6.07, 6.45) is 2.47. The molecule has 4 heteroatoms. The number of likely N-dealkylation sites (N-methyl/N-ethyl adjacent to an activating group) is 1. The van der Waals surface area contributed by atoms with Crippen LogP contribution in [0.15, 0.2) is 24.3 Å². The fourth-order valence-electron chi connectivity index (χ4n) is 4.44. The van der Waals surface area contributed by atoms with Crippen molar-refractivity contribution in [3.63, 3.8) is 0 Å². The third kappa shape index (κ3) is 2.31. The van der Waals surface area contributed by atoms with E-state index in [1.54, 1.807) is 11.3 Å². The molecule has 0 spiro atoms. The number of nitrogen functional groups attached to an aromatic ring is 1. The predicted octanol–water partition coefficient (Wildman–Crippen LogP) is 4.84. The van der Waals surface area contributed by atoms with Gasteiger partial charge in [-0.1, -0.05) is 45.0 Å². The lowest BCUT2D eigenvalue weighted by molar-refractivity contribution is 0.0521. The smallest absolute Gasteiger partial charge is 0.180 e. The lowest BCUT2D eigenvalue weighted by Gasteiger charge is -2.50. The number of anilines is 1. The number of thiazole rings is 1. The number of nitrogens with zero attached hydrogens (tertiary/aromatic N) is 2. The maximum atomic E-state index is 6.02. The summed E-state index contributed by atoms with van der Waals surface area (Å²) in [5.41, 5.74) is 10.2. The molecule has 1 aromatic heterocycles. The SMILES string of the molecule is CCN1C2CCC(c3nc(N)sc32)C1c1ccc(C(C)C)cc1. The molecule has 3 nitrogen and oxygen atoms in total. The second-order valence-corrected chi connectivity index (χ2v) is 8.16. The molecule has 2 aliphatic heterocycles. The Morgan fingerprint density at radius 3 is 2.65 bits per heavy atom. The van der Waals surface area contributed by atoms with E-state index in [9.17, 15) is 0 Å². The Labute approximate surface area is 142 Å². The first-order valence-corrected chi connectivity index (χ1v) is 9.53. The molecule has 0 saturated carbocycles. The summed E-state index contributed by atoms with van der Waals surface area (Å²) in [4.78, 5) is 8.79. The van der Waals surface area contributed by atoms with Crippen LogP contribution in [-0.2, 0) is 0 Å². The molecule has 1 fully saturated rings. The number of fused-ring (bicyclic) bond motifs is 2. The molecule has 23 heavy (non-hydrogen) atoms. The van der Waals surface area contributed by atoms with Gasteiger partial charge in [0.2, 0.25) is 0 Å². The molecule has 1 aliphatic carbocycles. The number of hydrogen-bond acceptors (Lipinski definition) is 4. The van der Waals surface area contributed by atoms with Crippen LogP contribution in [0.1, 0.15) is 79.2 Å². The van der Waals surface area contributed by atoms with Crippen molar-refractivity contribution in [3.8, 4) is 0 Å². The molecule has 2 bridgehead atoms. The second-order valence-electron chi connectivity index (χ2n) is 7.10. The maximum absolute atomic E-state index is 6.02. The van der Waals surface area contributed by atoms with Crippen LogP contribution in [0.3, 0.4) is 0 Å². The molecule has 5 rings (SSSR count). The van der Waals surface area contributed by atoms with Crippen LogP contribution in [0.25, 0.3) is 0 Å². The highest BCUT2D eigenvalue weighted by molar-refractivity contribution is 7.15. The van der Waals surface area contributed by atoms with Gasteiger partial charge in [0.25, 0.3) is 0 Å². The van der Waals surface area contributed by atoms with Crippen molar-refractivity contribution in [1.82, 2.24) is 9.88 Å².